The number of alkyl halides is 1. The Kier molecular flexibility index (Phi) is 4.79. The smallest absolute Gasteiger partial charge is 0.257 e. The van der Waals surface area contributed by atoms with Crippen LogP contribution in [0, 0.1) is 5.82 Å². The Hall–Kier alpha value is -2.89. The van der Waals surface area contributed by atoms with Gasteiger partial charge in [-0.3, -0.25) is 4.79 Å². The maximum atomic E-state index is 15.2. The zero-order chi connectivity index (χ0) is 19.7. The van der Waals surface area contributed by atoms with Crippen LogP contribution in [0.15, 0.2) is 48.7 Å². The summed E-state index contributed by atoms with van der Waals surface area (Å²) in [7, 11) is 1.53. The third-order valence-electron chi connectivity index (χ3n) is 5.48. The standard InChI is InChI=1S/C22H22F2N2O2.H2/c1-28-20-13-19-16(6-9-25-19)12-18(20)21(27)26-10-7-22(24,8-11-26)14-15-2-4-17(23)5-3-15;/h2-6,9,12-13,25H,7-8,10-11,14H2,1H3;1H. The molecule has 6 heteroatoms. The summed E-state index contributed by atoms with van der Waals surface area (Å²) in [6.45, 7) is 0.676. The van der Waals surface area contributed by atoms with Crippen molar-refractivity contribution >= 4 is 16.8 Å². The normalized spacial score (nSPS) is 16.3. The summed E-state index contributed by atoms with van der Waals surface area (Å²) < 4.78 is 33.7. The van der Waals surface area contributed by atoms with Crippen LogP contribution in [-0.2, 0) is 6.42 Å². The number of ether oxygens (including phenoxy) is 1. The van der Waals surface area contributed by atoms with E-state index in [4.69, 9.17) is 4.74 Å². The van der Waals surface area contributed by atoms with Gasteiger partial charge in [0.15, 0.2) is 0 Å². The number of carbonyl (C=O) groups excluding carboxylic acids is 1. The van der Waals surface area contributed by atoms with Crippen LogP contribution in [0.4, 0.5) is 8.78 Å². The van der Waals surface area contributed by atoms with Crippen molar-refractivity contribution < 1.29 is 19.7 Å². The average Bonchev–Trinajstić information content (AvgIpc) is 3.16. The van der Waals surface area contributed by atoms with Gasteiger partial charge in [0.1, 0.15) is 17.2 Å². The third-order valence-corrected chi connectivity index (χ3v) is 5.48. The van der Waals surface area contributed by atoms with Crippen LogP contribution >= 0.6 is 0 Å². The van der Waals surface area contributed by atoms with E-state index in [1.165, 1.54) is 19.2 Å². The van der Waals surface area contributed by atoms with Gasteiger partial charge in [-0.15, -0.1) is 0 Å². The molecule has 4 nitrogen and oxygen atoms in total. The minimum atomic E-state index is -1.39. The van der Waals surface area contributed by atoms with E-state index >= 15 is 4.39 Å². The first kappa shape index (κ1) is 18.5. The van der Waals surface area contributed by atoms with Crippen molar-refractivity contribution in [3.63, 3.8) is 0 Å². The molecule has 0 bridgehead atoms. The second-order valence-corrected chi connectivity index (χ2v) is 7.36. The van der Waals surface area contributed by atoms with Crippen LogP contribution in [-0.4, -0.2) is 41.7 Å². The summed E-state index contributed by atoms with van der Waals surface area (Å²) >= 11 is 0. The summed E-state index contributed by atoms with van der Waals surface area (Å²) in [5.74, 6) is 0.0255. The highest BCUT2D eigenvalue weighted by atomic mass is 19.1. The number of aromatic nitrogens is 1. The van der Waals surface area contributed by atoms with Crippen molar-refractivity contribution in [2.45, 2.75) is 24.9 Å². The summed E-state index contributed by atoms with van der Waals surface area (Å²) in [5, 5.41) is 0.928. The number of nitrogens with zero attached hydrogens (tertiary/aromatic N) is 1. The lowest BCUT2D eigenvalue weighted by Crippen LogP contribution is -2.45. The van der Waals surface area contributed by atoms with E-state index < -0.39 is 5.67 Å². The van der Waals surface area contributed by atoms with Gasteiger partial charge in [0.05, 0.1) is 12.7 Å². The number of carbonyl (C=O) groups is 1. The molecule has 2 aromatic carbocycles. The molecule has 1 aromatic heterocycles. The van der Waals surface area contributed by atoms with E-state index in [1.807, 2.05) is 18.3 Å². The molecule has 0 unspecified atom stereocenters. The highest BCUT2D eigenvalue weighted by Crippen LogP contribution is 2.33. The van der Waals surface area contributed by atoms with Gasteiger partial charge >= 0.3 is 0 Å². The number of fused-ring (bicyclic) bond motifs is 1. The van der Waals surface area contributed by atoms with Crippen LogP contribution in [0.5, 0.6) is 5.75 Å². The molecule has 0 radical (unpaired) electrons. The topological polar surface area (TPSA) is 45.3 Å². The lowest BCUT2D eigenvalue weighted by molar-refractivity contribution is 0.0435. The monoisotopic (exact) mass is 386 g/mol. The molecule has 0 aliphatic carbocycles. The zero-order valence-corrected chi connectivity index (χ0v) is 15.7. The maximum absolute atomic E-state index is 15.2. The number of halogens is 2. The number of aromatic amines is 1. The summed E-state index contributed by atoms with van der Waals surface area (Å²) in [5.41, 5.74) is 0.764. The predicted molar refractivity (Wildman–Crippen MR) is 106 cm³/mol. The van der Waals surface area contributed by atoms with Gasteiger partial charge < -0.3 is 14.6 Å². The largest absolute Gasteiger partial charge is 0.496 e. The number of H-pyrrole nitrogens is 1. The van der Waals surface area contributed by atoms with Crippen LogP contribution in [0.1, 0.15) is 30.2 Å². The van der Waals surface area contributed by atoms with E-state index in [0.29, 0.717) is 24.4 Å². The molecule has 1 saturated heterocycles. The molecule has 2 heterocycles. The molecule has 1 amide bonds. The molecular formula is C22H24F2N2O2. The van der Waals surface area contributed by atoms with Crippen molar-refractivity contribution in [2.75, 3.05) is 20.2 Å². The van der Waals surface area contributed by atoms with E-state index in [9.17, 15) is 9.18 Å². The number of benzene rings is 2. The van der Waals surface area contributed by atoms with Gasteiger partial charge in [0.25, 0.3) is 5.91 Å². The Balaban J connectivity index is 0.00000240. The number of amides is 1. The summed E-state index contributed by atoms with van der Waals surface area (Å²) in [4.78, 5) is 17.8. The SMILES string of the molecule is COc1cc2[nH]ccc2cc1C(=O)N1CCC(F)(Cc2ccc(F)cc2)CC1.[HH]. The van der Waals surface area contributed by atoms with Crippen molar-refractivity contribution in [1.82, 2.24) is 9.88 Å². The van der Waals surface area contributed by atoms with Crippen molar-refractivity contribution in [3.05, 3.63) is 65.6 Å². The summed E-state index contributed by atoms with van der Waals surface area (Å²) in [6, 6.07) is 11.4. The molecule has 0 saturated carbocycles. The molecule has 0 spiro atoms. The Morgan fingerprint density at radius 1 is 1.21 bits per heavy atom. The molecule has 148 valence electrons. The number of methoxy groups -OCH3 is 1. The van der Waals surface area contributed by atoms with Gasteiger partial charge in [-0.05, 0) is 42.7 Å². The highest BCUT2D eigenvalue weighted by Gasteiger charge is 2.36. The Morgan fingerprint density at radius 2 is 1.93 bits per heavy atom. The van der Waals surface area contributed by atoms with E-state index in [2.05, 4.69) is 4.98 Å². The number of nitrogens with one attached hydrogen (secondary N) is 1. The van der Waals surface area contributed by atoms with Crippen molar-refractivity contribution in [1.29, 1.82) is 0 Å². The molecule has 28 heavy (non-hydrogen) atoms. The minimum absolute atomic E-state index is 0. The van der Waals surface area contributed by atoms with Crippen molar-refractivity contribution in [3.8, 4) is 5.75 Å². The Bertz CT molecular complexity index is 996. The van der Waals surface area contributed by atoms with Crippen LogP contribution in [0.3, 0.4) is 0 Å². The van der Waals surface area contributed by atoms with Crippen LogP contribution in [0.25, 0.3) is 10.9 Å². The first-order chi connectivity index (χ1) is 13.5. The van der Waals surface area contributed by atoms with Crippen LogP contribution < -0.4 is 4.74 Å². The molecule has 3 aromatic rings. The molecule has 1 N–H and O–H groups in total. The van der Waals surface area contributed by atoms with Gasteiger partial charge in [0, 0.05) is 44.1 Å². The lowest BCUT2D eigenvalue weighted by atomic mass is 9.87. The van der Waals surface area contributed by atoms with Gasteiger partial charge in [-0.25, -0.2) is 8.78 Å². The number of hydrogen-bond donors (Lipinski definition) is 1. The second kappa shape index (κ2) is 7.26. The minimum Gasteiger partial charge on any atom is -0.496 e. The quantitative estimate of drug-likeness (QED) is 0.703. The first-order valence-electron chi connectivity index (χ1n) is 9.35. The Morgan fingerprint density at radius 3 is 2.61 bits per heavy atom. The van der Waals surface area contributed by atoms with Crippen molar-refractivity contribution in [2.24, 2.45) is 0 Å². The third kappa shape index (κ3) is 3.59. The molecular weight excluding hydrogens is 362 g/mol. The summed E-state index contributed by atoms with van der Waals surface area (Å²) in [6.07, 6.45) is 2.55. The number of piperidine rings is 1. The molecule has 1 aliphatic rings. The highest BCUT2D eigenvalue weighted by molar-refractivity contribution is 6.01. The fraction of sp³-hybridized carbons (Fsp3) is 0.318. The average molecular weight is 386 g/mol. The van der Waals surface area contributed by atoms with Crippen LogP contribution in [0.2, 0.25) is 0 Å². The predicted octanol–water partition coefficient (Wildman–Crippen LogP) is 4.75. The number of likely N-dealkylation sites (tertiary alicyclic amines) is 1. The van der Waals surface area contributed by atoms with Gasteiger partial charge in [-0.1, -0.05) is 12.1 Å². The lowest BCUT2D eigenvalue weighted by Gasteiger charge is -2.36. The fourth-order valence-corrected chi connectivity index (χ4v) is 3.84. The van der Waals surface area contributed by atoms with Gasteiger partial charge in [-0.2, -0.15) is 0 Å². The number of rotatable bonds is 4. The second-order valence-electron chi connectivity index (χ2n) is 7.36. The first-order valence-corrected chi connectivity index (χ1v) is 9.35. The number of hydrogen-bond acceptors (Lipinski definition) is 2. The fourth-order valence-electron chi connectivity index (χ4n) is 3.84. The molecule has 1 fully saturated rings. The van der Waals surface area contributed by atoms with E-state index in [0.717, 1.165) is 16.5 Å². The molecule has 4 rings (SSSR count). The molecule has 1 aliphatic heterocycles. The van der Waals surface area contributed by atoms with Gasteiger partial charge in [0.2, 0.25) is 0 Å². The maximum Gasteiger partial charge on any atom is 0.257 e. The zero-order valence-electron chi connectivity index (χ0n) is 15.7. The van der Waals surface area contributed by atoms with E-state index in [-0.39, 0.29) is 32.4 Å². The Labute approximate surface area is 163 Å². The molecule has 0 atom stereocenters. The van der Waals surface area contributed by atoms with E-state index in [1.54, 1.807) is 23.1 Å².